The van der Waals surface area contributed by atoms with E-state index in [-0.39, 0.29) is 41.6 Å². The first-order valence-corrected chi connectivity index (χ1v) is 9.00. The van der Waals surface area contributed by atoms with Crippen LogP contribution in [0.4, 0.5) is 5.82 Å². The zero-order valence-electron chi connectivity index (χ0n) is 14.8. The van der Waals surface area contributed by atoms with Crippen LogP contribution in [0.5, 0.6) is 0 Å². The Bertz CT molecular complexity index is 831. The first-order valence-electron chi connectivity index (χ1n) is 7.81. The third-order valence-corrected chi connectivity index (χ3v) is 5.26. The number of nitrogens with one attached hydrogen (secondary N) is 1. The van der Waals surface area contributed by atoms with Gasteiger partial charge in [0.05, 0.1) is 23.0 Å². The van der Waals surface area contributed by atoms with Gasteiger partial charge < -0.3 is 15.5 Å². The molecular weight excluding hydrogens is 415 g/mol. The Morgan fingerprint density at radius 1 is 1.31 bits per heavy atom. The maximum absolute atomic E-state index is 6.31. The van der Waals surface area contributed by atoms with Crippen molar-refractivity contribution < 1.29 is 4.42 Å². The highest BCUT2D eigenvalue weighted by atomic mass is 35.5. The molecule has 26 heavy (non-hydrogen) atoms. The summed E-state index contributed by atoms with van der Waals surface area (Å²) in [5, 5.41) is 3.51. The lowest BCUT2D eigenvalue weighted by Gasteiger charge is -2.26. The second-order valence-electron chi connectivity index (χ2n) is 6.88. The molecule has 3 rings (SSSR count). The second-order valence-corrected chi connectivity index (χ2v) is 8.35. The molecule has 0 aliphatic heterocycles. The average Bonchev–Trinajstić information content (AvgIpc) is 3.12. The third-order valence-electron chi connectivity index (χ3n) is 3.94. The van der Waals surface area contributed by atoms with Crippen LogP contribution in [0, 0.1) is 5.41 Å². The SMILES string of the molecule is CC(C)(C)[C@H](N)Cc1cc2nc(Cl)nc(NCc3ccco3)c2s1.Cl.Cl. The molecule has 0 unspecified atom stereocenters. The summed E-state index contributed by atoms with van der Waals surface area (Å²) < 4.78 is 6.33. The van der Waals surface area contributed by atoms with Crippen molar-refractivity contribution in [3.8, 4) is 0 Å². The molecule has 9 heteroatoms. The van der Waals surface area contributed by atoms with Crippen molar-refractivity contribution in [1.29, 1.82) is 0 Å². The Hall–Kier alpha value is -1.05. The molecule has 0 radical (unpaired) electrons. The summed E-state index contributed by atoms with van der Waals surface area (Å²) >= 11 is 7.72. The Labute approximate surface area is 174 Å². The fraction of sp³-hybridized carbons (Fsp3) is 0.412. The smallest absolute Gasteiger partial charge is 0.224 e. The molecule has 0 aliphatic carbocycles. The topological polar surface area (TPSA) is 77.0 Å². The van der Waals surface area contributed by atoms with Crippen molar-refractivity contribution in [3.63, 3.8) is 0 Å². The second kappa shape index (κ2) is 9.24. The van der Waals surface area contributed by atoms with Crippen molar-refractivity contribution >= 4 is 63.8 Å². The van der Waals surface area contributed by atoms with E-state index in [1.807, 2.05) is 12.1 Å². The number of halogens is 3. The van der Waals surface area contributed by atoms with Crippen LogP contribution in [0.15, 0.2) is 28.9 Å². The molecule has 5 nitrogen and oxygen atoms in total. The first kappa shape index (κ1) is 23.0. The van der Waals surface area contributed by atoms with Gasteiger partial charge in [0.25, 0.3) is 0 Å². The fourth-order valence-electron chi connectivity index (χ4n) is 2.28. The zero-order chi connectivity index (χ0) is 17.3. The molecule has 0 saturated carbocycles. The van der Waals surface area contributed by atoms with Gasteiger partial charge in [-0.3, -0.25) is 0 Å². The lowest BCUT2D eigenvalue weighted by atomic mass is 9.85. The van der Waals surface area contributed by atoms with E-state index >= 15 is 0 Å². The van der Waals surface area contributed by atoms with E-state index in [4.69, 9.17) is 21.8 Å². The molecule has 0 aliphatic rings. The molecule has 0 amide bonds. The highest BCUT2D eigenvalue weighted by molar-refractivity contribution is 7.19. The quantitative estimate of drug-likeness (QED) is 0.529. The van der Waals surface area contributed by atoms with Crippen molar-refractivity contribution in [2.45, 2.75) is 39.8 Å². The van der Waals surface area contributed by atoms with E-state index in [0.717, 1.165) is 28.2 Å². The minimum Gasteiger partial charge on any atom is -0.467 e. The van der Waals surface area contributed by atoms with Gasteiger partial charge in [0.2, 0.25) is 5.28 Å². The summed E-state index contributed by atoms with van der Waals surface area (Å²) in [5.41, 5.74) is 7.21. The van der Waals surface area contributed by atoms with Crippen molar-refractivity contribution in [2.75, 3.05) is 5.32 Å². The summed E-state index contributed by atoms with van der Waals surface area (Å²) in [5.74, 6) is 1.56. The normalized spacial score (nSPS) is 12.3. The van der Waals surface area contributed by atoms with Crippen molar-refractivity contribution in [1.82, 2.24) is 9.97 Å². The summed E-state index contributed by atoms with van der Waals surface area (Å²) in [7, 11) is 0. The van der Waals surface area contributed by atoms with Crippen molar-refractivity contribution in [2.24, 2.45) is 11.1 Å². The van der Waals surface area contributed by atoms with Crippen LogP contribution < -0.4 is 11.1 Å². The Balaban J connectivity index is 0.00000169. The molecule has 1 atom stereocenters. The molecule has 3 aromatic rings. The van der Waals surface area contributed by atoms with Gasteiger partial charge in [0.15, 0.2) is 0 Å². The van der Waals surface area contributed by atoms with Crippen LogP contribution in [-0.4, -0.2) is 16.0 Å². The van der Waals surface area contributed by atoms with Crippen LogP contribution in [0.3, 0.4) is 0 Å². The number of fused-ring (bicyclic) bond motifs is 1. The number of anilines is 1. The molecule has 0 fully saturated rings. The monoisotopic (exact) mass is 436 g/mol. The molecule has 3 aromatic heterocycles. The molecule has 144 valence electrons. The van der Waals surface area contributed by atoms with Crippen LogP contribution in [0.2, 0.25) is 5.28 Å². The first-order chi connectivity index (χ1) is 11.3. The van der Waals surface area contributed by atoms with Gasteiger partial charge in [-0.15, -0.1) is 36.2 Å². The minimum atomic E-state index is 0. The predicted octanol–water partition coefficient (Wildman–Crippen LogP) is 5.31. The maximum Gasteiger partial charge on any atom is 0.224 e. The number of hydrogen-bond acceptors (Lipinski definition) is 6. The lowest BCUT2D eigenvalue weighted by Crippen LogP contribution is -2.36. The molecule has 3 heterocycles. The predicted molar refractivity (Wildman–Crippen MR) is 114 cm³/mol. The van der Waals surface area contributed by atoms with Gasteiger partial charge in [-0.25, -0.2) is 4.98 Å². The number of nitrogens with two attached hydrogens (primary N) is 1. The average molecular weight is 438 g/mol. The van der Waals surface area contributed by atoms with Gasteiger partial charge in [-0.05, 0) is 41.6 Å². The molecule has 0 aromatic carbocycles. The van der Waals surface area contributed by atoms with Gasteiger partial charge in [0, 0.05) is 10.9 Å². The van der Waals surface area contributed by atoms with Gasteiger partial charge in [-0.1, -0.05) is 20.8 Å². The van der Waals surface area contributed by atoms with E-state index in [9.17, 15) is 0 Å². The standard InChI is InChI=1S/C17H21ClN4OS.2ClH/c1-17(2,3)13(19)8-11-7-12-14(24-11)15(22-16(18)21-12)20-9-10-5-4-6-23-10;;/h4-7,13H,8-9,19H2,1-3H3,(H,20,21,22);2*1H/t13-;;/m1../s1. The Morgan fingerprint density at radius 2 is 2.04 bits per heavy atom. The van der Waals surface area contributed by atoms with Gasteiger partial charge in [0.1, 0.15) is 11.6 Å². The molecule has 0 bridgehead atoms. The largest absolute Gasteiger partial charge is 0.467 e. The summed E-state index contributed by atoms with van der Waals surface area (Å²) in [6.07, 6.45) is 2.45. The van der Waals surface area contributed by atoms with E-state index in [2.05, 4.69) is 42.1 Å². The van der Waals surface area contributed by atoms with E-state index < -0.39 is 0 Å². The Kier molecular flexibility index (Phi) is 8.17. The summed E-state index contributed by atoms with van der Waals surface area (Å²) in [4.78, 5) is 9.84. The Morgan fingerprint density at radius 3 is 2.65 bits per heavy atom. The highest BCUT2D eigenvalue weighted by Crippen LogP contribution is 2.33. The minimum absolute atomic E-state index is 0. The molecule has 3 N–H and O–H groups in total. The van der Waals surface area contributed by atoms with Gasteiger partial charge in [-0.2, -0.15) is 4.98 Å². The summed E-state index contributed by atoms with van der Waals surface area (Å²) in [6, 6.07) is 5.90. The molecule has 0 spiro atoms. The molecular formula is C17H23Cl3N4OS. The summed E-state index contributed by atoms with van der Waals surface area (Å²) in [6.45, 7) is 7.00. The number of nitrogens with zero attached hydrogens (tertiary/aromatic N) is 2. The van der Waals surface area contributed by atoms with Crippen LogP contribution in [-0.2, 0) is 13.0 Å². The van der Waals surface area contributed by atoms with Crippen molar-refractivity contribution in [3.05, 3.63) is 40.4 Å². The number of rotatable bonds is 5. The lowest BCUT2D eigenvalue weighted by molar-refractivity contribution is 0.320. The van der Waals surface area contributed by atoms with Crippen LogP contribution >= 0.6 is 47.8 Å². The number of furan rings is 1. The highest BCUT2D eigenvalue weighted by Gasteiger charge is 2.22. The van der Waals surface area contributed by atoms with E-state index in [1.165, 1.54) is 4.88 Å². The third kappa shape index (κ3) is 5.47. The molecule has 0 saturated heterocycles. The number of aromatic nitrogens is 2. The number of thiophene rings is 1. The van der Waals surface area contributed by atoms with E-state index in [0.29, 0.717) is 6.54 Å². The van der Waals surface area contributed by atoms with E-state index in [1.54, 1.807) is 17.6 Å². The zero-order valence-corrected chi connectivity index (χ0v) is 18.0. The van der Waals surface area contributed by atoms with Gasteiger partial charge >= 0.3 is 0 Å². The maximum atomic E-state index is 6.31. The van der Waals surface area contributed by atoms with Crippen LogP contribution in [0.1, 0.15) is 31.4 Å². The van der Waals surface area contributed by atoms with Crippen LogP contribution in [0.25, 0.3) is 10.2 Å². The fourth-order valence-corrected chi connectivity index (χ4v) is 3.57. The number of hydrogen-bond donors (Lipinski definition) is 2.